The average molecular weight is 613 g/mol. The second-order valence-corrected chi connectivity index (χ2v) is 12.4. The number of nitrogens with two attached hydrogens (primary N) is 1. The number of carbonyl (C=O) groups is 2. The fraction of sp³-hybridized carbons (Fsp3) is 0.444. The maximum absolute atomic E-state index is 14.1. The summed E-state index contributed by atoms with van der Waals surface area (Å²) in [5, 5.41) is 3.22. The van der Waals surface area contributed by atoms with Crippen molar-refractivity contribution in [2.75, 3.05) is 50.7 Å². The van der Waals surface area contributed by atoms with E-state index in [0.29, 0.717) is 36.8 Å². The molecule has 3 aliphatic rings. The van der Waals surface area contributed by atoms with Gasteiger partial charge in [0.1, 0.15) is 0 Å². The van der Waals surface area contributed by atoms with Gasteiger partial charge in [-0.15, -0.1) is 0 Å². The van der Waals surface area contributed by atoms with E-state index in [1.54, 1.807) is 32.4 Å². The van der Waals surface area contributed by atoms with E-state index in [1.165, 1.54) is 0 Å². The molecule has 3 fully saturated rings. The van der Waals surface area contributed by atoms with Gasteiger partial charge in [0.2, 0.25) is 5.91 Å². The van der Waals surface area contributed by atoms with Gasteiger partial charge in [0, 0.05) is 43.2 Å². The molecule has 1 aliphatic heterocycles. The number of ether oxygens (including phenoxy) is 3. The molecule has 9 heteroatoms. The molecule has 45 heavy (non-hydrogen) atoms. The minimum absolute atomic E-state index is 0.0400. The highest BCUT2D eigenvalue weighted by Crippen LogP contribution is 2.36. The number of hydrogen-bond acceptors (Lipinski definition) is 7. The number of methoxy groups -OCH3 is 2. The molecule has 6 rings (SSSR count). The molecule has 9 nitrogen and oxygen atoms in total. The van der Waals surface area contributed by atoms with Crippen LogP contribution in [0.15, 0.2) is 60.7 Å². The fourth-order valence-electron chi connectivity index (χ4n) is 6.44. The summed E-state index contributed by atoms with van der Waals surface area (Å²) in [4.78, 5) is 31.2. The standard InChI is InChI=1S/C36H44N4O5/c1-43-33-15-9-28(22-34(33)44-2)36(42)40(30-12-10-29(37)11-13-30)23-24-4-3-5-26(20-24)27-8-14-32(39-16-18-45-19-17-39)31(21-27)38-35(41)25-6-7-25/h3-5,8-9,14-15,20-22,25,29-30H,6-7,10-13,16-19,23,37H2,1-2H3,(H,38,41). The normalized spacial score (nSPS) is 19.9. The van der Waals surface area contributed by atoms with Gasteiger partial charge in [-0.25, -0.2) is 0 Å². The SMILES string of the molecule is COc1ccc(C(=O)N(Cc2cccc(-c3ccc(N4CCOCC4)c(NC(=O)C4CC4)c3)c2)C2CCC(N)CC2)cc1OC. The maximum atomic E-state index is 14.1. The van der Waals surface area contributed by atoms with Crippen molar-refractivity contribution in [1.82, 2.24) is 4.90 Å². The Morgan fingerprint density at radius 1 is 0.889 bits per heavy atom. The Labute approximate surface area is 265 Å². The molecule has 0 atom stereocenters. The predicted octanol–water partition coefficient (Wildman–Crippen LogP) is 5.47. The lowest BCUT2D eigenvalue weighted by molar-refractivity contribution is -0.117. The van der Waals surface area contributed by atoms with Gasteiger partial charge >= 0.3 is 0 Å². The van der Waals surface area contributed by atoms with Crippen LogP contribution in [0, 0.1) is 5.92 Å². The summed E-state index contributed by atoms with van der Waals surface area (Å²) < 4.78 is 16.5. The Hall–Kier alpha value is -4.08. The van der Waals surface area contributed by atoms with Gasteiger partial charge in [-0.2, -0.15) is 0 Å². The van der Waals surface area contributed by atoms with Crippen LogP contribution in [0.2, 0.25) is 0 Å². The molecule has 0 radical (unpaired) electrons. The van der Waals surface area contributed by atoms with Crippen LogP contribution in [0.5, 0.6) is 11.5 Å². The highest BCUT2D eigenvalue weighted by molar-refractivity contribution is 5.98. The summed E-state index contributed by atoms with van der Waals surface area (Å²) in [5.74, 6) is 1.28. The zero-order valence-corrected chi connectivity index (χ0v) is 26.3. The Morgan fingerprint density at radius 3 is 2.33 bits per heavy atom. The lowest BCUT2D eigenvalue weighted by Crippen LogP contribution is -2.43. The smallest absolute Gasteiger partial charge is 0.254 e. The van der Waals surface area contributed by atoms with Crippen molar-refractivity contribution < 1.29 is 23.8 Å². The van der Waals surface area contributed by atoms with Crippen LogP contribution < -0.4 is 25.4 Å². The lowest BCUT2D eigenvalue weighted by atomic mass is 9.90. The van der Waals surface area contributed by atoms with Crippen molar-refractivity contribution >= 4 is 23.2 Å². The zero-order chi connectivity index (χ0) is 31.3. The van der Waals surface area contributed by atoms with Gasteiger partial charge in [0.05, 0.1) is 38.8 Å². The van der Waals surface area contributed by atoms with E-state index in [0.717, 1.165) is 79.7 Å². The maximum Gasteiger partial charge on any atom is 0.254 e. The summed E-state index contributed by atoms with van der Waals surface area (Å²) in [5.41, 5.74) is 11.8. The monoisotopic (exact) mass is 612 g/mol. The minimum atomic E-state index is -0.0400. The first kappa shape index (κ1) is 30.9. The fourth-order valence-corrected chi connectivity index (χ4v) is 6.44. The van der Waals surface area contributed by atoms with Gasteiger partial charge in [0.15, 0.2) is 11.5 Å². The van der Waals surface area contributed by atoms with Crippen molar-refractivity contribution in [2.45, 2.75) is 57.2 Å². The van der Waals surface area contributed by atoms with Crippen LogP contribution in [0.1, 0.15) is 54.4 Å². The van der Waals surface area contributed by atoms with Crippen molar-refractivity contribution in [1.29, 1.82) is 0 Å². The molecule has 0 unspecified atom stereocenters. The first-order valence-corrected chi connectivity index (χ1v) is 16.1. The molecular weight excluding hydrogens is 568 g/mol. The molecule has 0 bridgehead atoms. The van der Waals surface area contributed by atoms with Gasteiger partial charge in [-0.1, -0.05) is 24.3 Å². The molecule has 3 aromatic rings. The van der Waals surface area contributed by atoms with E-state index in [4.69, 9.17) is 19.9 Å². The predicted molar refractivity (Wildman–Crippen MR) is 176 cm³/mol. The number of hydrogen-bond donors (Lipinski definition) is 2. The largest absolute Gasteiger partial charge is 0.493 e. The number of morpholine rings is 1. The van der Waals surface area contributed by atoms with Crippen molar-refractivity contribution in [2.24, 2.45) is 11.7 Å². The number of nitrogens with one attached hydrogen (secondary N) is 1. The summed E-state index contributed by atoms with van der Waals surface area (Å²) in [6, 6.07) is 20.3. The van der Waals surface area contributed by atoms with Crippen molar-refractivity contribution in [3.05, 3.63) is 71.8 Å². The summed E-state index contributed by atoms with van der Waals surface area (Å²) in [6.07, 6.45) is 5.42. The number of benzene rings is 3. The second kappa shape index (κ2) is 13.9. The molecule has 0 spiro atoms. The zero-order valence-electron chi connectivity index (χ0n) is 26.3. The first-order valence-electron chi connectivity index (χ1n) is 16.1. The Bertz CT molecular complexity index is 1510. The summed E-state index contributed by atoms with van der Waals surface area (Å²) in [7, 11) is 3.16. The molecule has 2 amide bonds. The average Bonchev–Trinajstić information content (AvgIpc) is 3.94. The van der Waals surface area contributed by atoms with Crippen LogP contribution in [0.25, 0.3) is 11.1 Å². The lowest BCUT2D eigenvalue weighted by Gasteiger charge is -2.36. The Kier molecular flexibility index (Phi) is 9.56. The van der Waals surface area contributed by atoms with E-state index in [1.807, 2.05) is 11.0 Å². The molecular formula is C36H44N4O5. The van der Waals surface area contributed by atoms with Crippen molar-refractivity contribution in [3.8, 4) is 22.6 Å². The number of amides is 2. The van der Waals surface area contributed by atoms with Crippen LogP contribution in [-0.2, 0) is 16.1 Å². The van der Waals surface area contributed by atoms with E-state index < -0.39 is 0 Å². The second-order valence-electron chi connectivity index (χ2n) is 12.4. The van der Waals surface area contributed by atoms with Crippen LogP contribution in [-0.4, -0.2) is 69.3 Å². The van der Waals surface area contributed by atoms with E-state index in [2.05, 4.69) is 46.6 Å². The Morgan fingerprint density at radius 2 is 1.62 bits per heavy atom. The molecule has 1 heterocycles. The third-order valence-corrected chi connectivity index (χ3v) is 9.24. The topological polar surface area (TPSA) is 106 Å². The van der Waals surface area contributed by atoms with E-state index in [-0.39, 0.29) is 29.8 Å². The van der Waals surface area contributed by atoms with Gasteiger partial charge in [-0.3, -0.25) is 9.59 Å². The van der Waals surface area contributed by atoms with Gasteiger partial charge in [0.25, 0.3) is 5.91 Å². The van der Waals surface area contributed by atoms with E-state index in [9.17, 15) is 9.59 Å². The number of nitrogens with zero attached hydrogens (tertiary/aromatic N) is 2. The third-order valence-electron chi connectivity index (χ3n) is 9.24. The number of carbonyl (C=O) groups excluding carboxylic acids is 2. The van der Waals surface area contributed by atoms with E-state index >= 15 is 0 Å². The summed E-state index contributed by atoms with van der Waals surface area (Å²) in [6.45, 7) is 3.39. The van der Waals surface area contributed by atoms with Crippen LogP contribution >= 0.6 is 0 Å². The molecule has 0 aromatic heterocycles. The number of rotatable bonds is 10. The van der Waals surface area contributed by atoms with Gasteiger partial charge in [-0.05, 0) is 91.6 Å². The van der Waals surface area contributed by atoms with Gasteiger partial charge < -0.3 is 35.1 Å². The van der Waals surface area contributed by atoms with Crippen LogP contribution in [0.3, 0.4) is 0 Å². The molecule has 2 aliphatic carbocycles. The highest BCUT2D eigenvalue weighted by atomic mass is 16.5. The molecule has 238 valence electrons. The molecule has 1 saturated heterocycles. The third kappa shape index (κ3) is 7.26. The number of anilines is 2. The minimum Gasteiger partial charge on any atom is -0.493 e. The quantitative estimate of drug-likeness (QED) is 0.313. The first-order chi connectivity index (χ1) is 21.9. The van der Waals surface area contributed by atoms with Crippen molar-refractivity contribution in [3.63, 3.8) is 0 Å². The molecule has 3 aromatic carbocycles. The molecule has 2 saturated carbocycles. The summed E-state index contributed by atoms with van der Waals surface area (Å²) >= 11 is 0. The highest BCUT2D eigenvalue weighted by Gasteiger charge is 2.31. The molecule has 3 N–H and O–H groups in total. The van der Waals surface area contributed by atoms with Crippen LogP contribution in [0.4, 0.5) is 11.4 Å². The Balaban J connectivity index is 1.29.